The first kappa shape index (κ1) is 35.7. The van der Waals surface area contributed by atoms with Crippen LogP contribution in [0, 0.1) is 17.8 Å². The van der Waals surface area contributed by atoms with E-state index in [-0.39, 0.29) is 42.8 Å². The number of benzene rings is 1. The molecule has 9 heteroatoms. The Morgan fingerprint density at radius 1 is 1.09 bits per heavy atom. The zero-order valence-corrected chi connectivity index (χ0v) is 28.7. The number of ether oxygens (including phenoxy) is 2. The first-order chi connectivity index (χ1) is 22.0. The Hall–Kier alpha value is -3.17. The number of carbonyl (C=O) groups excluding carboxylic acids is 3. The van der Waals surface area contributed by atoms with E-state index in [0.717, 1.165) is 12.8 Å². The average molecular weight is 638 g/mol. The van der Waals surface area contributed by atoms with Gasteiger partial charge in [-0.15, -0.1) is 13.2 Å². The van der Waals surface area contributed by atoms with E-state index in [1.54, 1.807) is 26.9 Å². The number of likely N-dealkylation sites (tertiary alicyclic amines) is 1. The summed E-state index contributed by atoms with van der Waals surface area (Å²) in [5, 5.41) is 10.7. The maximum Gasteiger partial charge on any atom is 0.248 e. The van der Waals surface area contributed by atoms with Crippen molar-refractivity contribution in [2.24, 2.45) is 17.8 Å². The highest BCUT2D eigenvalue weighted by Crippen LogP contribution is 2.65. The van der Waals surface area contributed by atoms with Crippen molar-refractivity contribution >= 4 is 23.4 Å². The van der Waals surface area contributed by atoms with Gasteiger partial charge >= 0.3 is 0 Å². The summed E-state index contributed by atoms with van der Waals surface area (Å²) in [6, 6.07) is 5.73. The molecular weight excluding hydrogens is 582 g/mol. The van der Waals surface area contributed by atoms with Crippen LogP contribution >= 0.6 is 0 Å². The minimum absolute atomic E-state index is 0.0838. The van der Waals surface area contributed by atoms with Crippen LogP contribution in [0.3, 0.4) is 0 Å². The lowest BCUT2D eigenvalue weighted by Gasteiger charge is -2.41. The molecule has 3 saturated heterocycles. The third kappa shape index (κ3) is 6.13. The molecule has 46 heavy (non-hydrogen) atoms. The van der Waals surface area contributed by atoms with Crippen molar-refractivity contribution in [3.63, 3.8) is 0 Å². The molecule has 3 heterocycles. The largest absolute Gasteiger partial charge is 0.494 e. The number of hydrogen-bond donors (Lipinski definition) is 1. The molecule has 0 aromatic heterocycles. The molecule has 3 aliphatic rings. The van der Waals surface area contributed by atoms with E-state index in [0.29, 0.717) is 50.3 Å². The summed E-state index contributed by atoms with van der Waals surface area (Å²) in [7, 11) is 0. The number of fused-ring (bicyclic) bond motifs is 1. The van der Waals surface area contributed by atoms with Crippen LogP contribution in [0.5, 0.6) is 5.75 Å². The number of hydrogen-bond acceptors (Lipinski definition) is 6. The molecule has 3 amide bonds. The predicted molar refractivity (Wildman–Crippen MR) is 180 cm³/mol. The van der Waals surface area contributed by atoms with Crippen LogP contribution in [0.25, 0.3) is 0 Å². The fourth-order valence-electron chi connectivity index (χ4n) is 8.39. The average Bonchev–Trinajstić information content (AvgIpc) is 3.65. The normalized spacial score (nSPS) is 27.8. The van der Waals surface area contributed by atoms with Gasteiger partial charge in [0.25, 0.3) is 0 Å². The maximum absolute atomic E-state index is 14.9. The number of carbonyl (C=O) groups is 3. The van der Waals surface area contributed by atoms with Crippen molar-refractivity contribution in [3.05, 3.63) is 49.6 Å². The van der Waals surface area contributed by atoms with Gasteiger partial charge in [0, 0.05) is 24.8 Å². The molecular formula is C37H55N3O6. The van der Waals surface area contributed by atoms with Gasteiger partial charge < -0.3 is 29.3 Å². The minimum Gasteiger partial charge on any atom is -0.494 e. The van der Waals surface area contributed by atoms with E-state index in [1.165, 1.54) is 0 Å². The molecule has 0 saturated carbocycles. The third-order valence-electron chi connectivity index (χ3n) is 10.4. The van der Waals surface area contributed by atoms with Gasteiger partial charge in [-0.1, -0.05) is 46.3 Å². The Balaban J connectivity index is 1.85. The number of anilines is 1. The second-order valence-electron chi connectivity index (χ2n) is 13.6. The molecule has 7 atom stereocenters. The summed E-state index contributed by atoms with van der Waals surface area (Å²) in [6.07, 6.45) is 7.19. The van der Waals surface area contributed by atoms with Crippen LogP contribution in [0.15, 0.2) is 49.6 Å². The first-order valence-electron chi connectivity index (χ1n) is 17.2. The fraction of sp³-hybridized carbons (Fsp3) is 0.649. The van der Waals surface area contributed by atoms with Crippen molar-refractivity contribution in [2.75, 3.05) is 31.2 Å². The van der Waals surface area contributed by atoms with Crippen LogP contribution in [0.1, 0.15) is 80.1 Å². The van der Waals surface area contributed by atoms with Crippen molar-refractivity contribution in [1.82, 2.24) is 9.80 Å². The summed E-state index contributed by atoms with van der Waals surface area (Å²) in [6.45, 7) is 20.8. The van der Waals surface area contributed by atoms with E-state index in [4.69, 9.17) is 9.47 Å². The summed E-state index contributed by atoms with van der Waals surface area (Å²) in [4.78, 5) is 49.7. The molecule has 1 N–H and O–H groups in total. The molecule has 1 spiro atoms. The van der Waals surface area contributed by atoms with Gasteiger partial charge in [0.05, 0.1) is 36.7 Å². The second kappa shape index (κ2) is 14.7. The number of nitrogens with zero attached hydrogens (tertiary/aromatic N) is 3. The zero-order valence-electron chi connectivity index (χ0n) is 28.7. The number of amides is 3. The number of aliphatic hydroxyl groups is 1. The van der Waals surface area contributed by atoms with Gasteiger partial charge in [0.1, 0.15) is 17.4 Å². The molecule has 4 rings (SSSR count). The molecule has 3 unspecified atom stereocenters. The van der Waals surface area contributed by atoms with E-state index in [2.05, 4.69) is 20.1 Å². The molecule has 2 bridgehead atoms. The standard InChI is InChI=1S/C37H55N3O6/c1-9-14-26(8)38(21-10-2)35(44)32-37-20-19-36(12-4,46-37)30(31(37)34(43)40(32)28(24-41)23-25(6)7)33(42)39(22-11-3)27-15-17-29(18-16-27)45-13-5/h10-11,15-18,25-26,28,30-32,41H,2-3,9,12-14,19-24H2,1,4-8H3/t26?,28-,30-,31+,32?,36+,37?/m1/s1. The van der Waals surface area contributed by atoms with Crippen LogP contribution in [0.4, 0.5) is 5.69 Å². The fourth-order valence-corrected chi connectivity index (χ4v) is 8.39. The number of rotatable bonds is 17. The van der Waals surface area contributed by atoms with E-state index >= 15 is 0 Å². The predicted octanol–water partition coefficient (Wildman–Crippen LogP) is 5.37. The molecule has 254 valence electrons. The second-order valence-corrected chi connectivity index (χ2v) is 13.6. The van der Waals surface area contributed by atoms with Crippen molar-refractivity contribution in [1.29, 1.82) is 0 Å². The molecule has 3 aliphatic heterocycles. The summed E-state index contributed by atoms with van der Waals surface area (Å²) < 4.78 is 12.7. The van der Waals surface area contributed by atoms with E-state index in [1.807, 2.05) is 58.9 Å². The highest BCUT2D eigenvalue weighted by molar-refractivity contribution is 6.03. The van der Waals surface area contributed by atoms with Crippen molar-refractivity contribution in [3.8, 4) is 5.75 Å². The monoisotopic (exact) mass is 637 g/mol. The Morgan fingerprint density at radius 3 is 2.30 bits per heavy atom. The summed E-state index contributed by atoms with van der Waals surface area (Å²) in [5.74, 6) is -1.48. The van der Waals surface area contributed by atoms with Gasteiger partial charge in [-0.25, -0.2) is 0 Å². The molecule has 1 aromatic carbocycles. The SMILES string of the molecule is C=CCN(C(=O)[C@H]1[C@H]2C(=O)N([C@@H](CO)CC(C)C)C(C(=O)N(CC=C)C(C)CCC)C23CC[C@]1(CC)O3)c1ccc(OCC)cc1. The van der Waals surface area contributed by atoms with Crippen molar-refractivity contribution < 1.29 is 29.0 Å². The lowest BCUT2D eigenvalue weighted by Crippen LogP contribution is -2.60. The van der Waals surface area contributed by atoms with Crippen LogP contribution in [0.2, 0.25) is 0 Å². The van der Waals surface area contributed by atoms with Crippen molar-refractivity contribution in [2.45, 2.75) is 109 Å². The zero-order chi connectivity index (χ0) is 33.8. The Kier molecular flexibility index (Phi) is 11.4. The topological polar surface area (TPSA) is 99.6 Å². The van der Waals surface area contributed by atoms with Gasteiger partial charge in [-0.05, 0) is 76.1 Å². The third-order valence-corrected chi connectivity index (χ3v) is 10.4. The Labute approximate surface area is 275 Å². The molecule has 0 radical (unpaired) electrons. The maximum atomic E-state index is 14.9. The van der Waals surface area contributed by atoms with Gasteiger partial charge in [0.15, 0.2) is 0 Å². The van der Waals surface area contributed by atoms with E-state index in [9.17, 15) is 19.5 Å². The summed E-state index contributed by atoms with van der Waals surface area (Å²) in [5.41, 5.74) is -1.40. The number of aliphatic hydroxyl groups excluding tert-OH is 1. The van der Waals surface area contributed by atoms with Gasteiger partial charge in [-0.2, -0.15) is 0 Å². The minimum atomic E-state index is -1.18. The van der Waals surface area contributed by atoms with Gasteiger partial charge in [-0.3, -0.25) is 14.4 Å². The molecule has 1 aromatic rings. The highest BCUT2D eigenvalue weighted by Gasteiger charge is 2.79. The quantitative estimate of drug-likeness (QED) is 0.231. The lowest BCUT2D eigenvalue weighted by atomic mass is 9.64. The summed E-state index contributed by atoms with van der Waals surface area (Å²) >= 11 is 0. The highest BCUT2D eigenvalue weighted by atomic mass is 16.5. The molecule has 3 fully saturated rings. The van der Waals surface area contributed by atoms with Crippen LogP contribution in [-0.4, -0.2) is 88.3 Å². The lowest BCUT2D eigenvalue weighted by molar-refractivity contribution is -0.157. The van der Waals surface area contributed by atoms with E-state index < -0.39 is 35.1 Å². The van der Waals surface area contributed by atoms with Crippen LogP contribution in [-0.2, 0) is 19.1 Å². The van der Waals surface area contributed by atoms with Gasteiger partial charge in [0.2, 0.25) is 17.7 Å². The molecule has 0 aliphatic carbocycles. The van der Waals surface area contributed by atoms with Crippen LogP contribution < -0.4 is 9.64 Å². The Bertz CT molecular complexity index is 1270. The Morgan fingerprint density at radius 2 is 1.76 bits per heavy atom. The first-order valence-corrected chi connectivity index (χ1v) is 17.2. The smallest absolute Gasteiger partial charge is 0.248 e. The molecule has 9 nitrogen and oxygen atoms in total.